The number of hydrogen-bond donors (Lipinski definition) is 0. The second-order valence-electron chi connectivity index (χ2n) is 16.2. The smallest absolute Gasteiger partial charge is 0.135 e. The molecule has 0 aliphatic carbocycles. The molecule has 9 aromatic carbocycles. The number of fused-ring (bicyclic) bond motifs is 12. The predicted octanol–water partition coefficient (Wildman–Crippen LogP) is 16.3. The molecule has 0 saturated heterocycles. The minimum atomic E-state index is 0.869. The van der Waals surface area contributed by atoms with Crippen LogP contribution in [0.1, 0.15) is 11.1 Å². The summed E-state index contributed by atoms with van der Waals surface area (Å²) in [5.74, 6) is 0. The monoisotopic (exact) mass is 792 g/mol. The molecule has 0 bridgehead atoms. The molecule has 62 heavy (non-hydrogen) atoms. The Bertz CT molecular complexity index is 3780. The van der Waals surface area contributed by atoms with Crippen molar-refractivity contribution in [2.24, 2.45) is 0 Å². The molecule has 4 nitrogen and oxygen atoms in total. The van der Waals surface area contributed by atoms with Gasteiger partial charge >= 0.3 is 0 Å². The minimum Gasteiger partial charge on any atom is -0.456 e. The summed E-state index contributed by atoms with van der Waals surface area (Å²) in [5.41, 5.74) is 17.1. The third-order valence-corrected chi connectivity index (χ3v) is 12.8. The summed E-state index contributed by atoms with van der Waals surface area (Å²) in [4.78, 5) is 0. The maximum Gasteiger partial charge on any atom is 0.135 e. The number of para-hydroxylation sites is 2. The summed E-state index contributed by atoms with van der Waals surface area (Å²) in [5, 5.41) is 9.21. The van der Waals surface area contributed by atoms with Gasteiger partial charge in [-0.3, -0.25) is 0 Å². The molecule has 0 amide bonds. The van der Waals surface area contributed by atoms with Gasteiger partial charge < -0.3 is 18.0 Å². The van der Waals surface area contributed by atoms with Gasteiger partial charge in [0.25, 0.3) is 0 Å². The number of furan rings is 2. The van der Waals surface area contributed by atoms with Gasteiger partial charge in [-0.15, -0.1) is 0 Å². The highest BCUT2D eigenvalue weighted by molar-refractivity contribution is 6.13. The third-order valence-electron chi connectivity index (χ3n) is 12.8. The van der Waals surface area contributed by atoms with E-state index in [9.17, 15) is 0 Å². The van der Waals surface area contributed by atoms with E-state index in [-0.39, 0.29) is 0 Å². The molecule has 4 aromatic heterocycles. The number of hydrogen-bond acceptors (Lipinski definition) is 2. The average Bonchev–Trinajstić information content (AvgIpc) is 4.08. The van der Waals surface area contributed by atoms with Crippen LogP contribution in [0.15, 0.2) is 204 Å². The molecule has 4 heterocycles. The zero-order chi connectivity index (χ0) is 41.1. The van der Waals surface area contributed by atoms with E-state index >= 15 is 0 Å². The maximum atomic E-state index is 6.43. The highest BCUT2D eigenvalue weighted by Crippen LogP contribution is 2.40. The van der Waals surface area contributed by atoms with Gasteiger partial charge in [0.15, 0.2) is 0 Å². The van der Waals surface area contributed by atoms with Gasteiger partial charge in [-0.05, 0) is 137 Å². The van der Waals surface area contributed by atoms with E-state index in [1.165, 1.54) is 32.6 Å². The Morgan fingerprint density at radius 3 is 1.18 bits per heavy atom. The number of nitrogens with zero attached hydrogens (tertiary/aromatic N) is 2. The van der Waals surface area contributed by atoms with E-state index in [1.54, 1.807) is 0 Å². The van der Waals surface area contributed by atoms with Crippen LogP contribution in [0.4, 0.5) is 0 Å². The van der Waals surface area contributed by atoms with Crippen LogP contribution in [0.5, 0.6) is 0 Å². The van der Waals surface area contributed by atoms with E-state index in [0.29, 0.717) is 0 Å². The van der Waals surface area contributed by atoms with Gasteiger partial charge in [-0.1, -0.05) is 104 Å². The molecule has 13 rings (SSSR count). The van der Waals surface area contributed by atoms with E-state index in [4.69, 9.17) is 8.83 Å². The molecule has 4 heteroatoms. The molecule has 0 aliphatic heterocycles. The maximum absolute atomic E-state index is 6.43. The van der Waals surface area contributed by atoms with Gasteiger partial charge in [0.2, 0.25) is 0 Å². The summed E-state index contributed by atoms with van der Waals surface area (Å²) in [6, 6.07) is 65.3. The fraction of sp³-hybridized carbons (Fsp3) is 0. The van der Waals surface area contributed by atoms with Crippen molar-refractivity contribution in [1.29, 1.82) is 0 Å². The Morgan fingerprint density at radius 1 is 0.306 bits per heavy atom. The lowest BCUT2D eigenvalue weighted by Gasteiger charge is -2.09. The van der Waals surface area contributed by atoms with Crippen molar-refractivity contribution in [3.8, 4) is 33.6 Å². The Balaban J connectivity index is 0.901. The number of rotatable bonds is 6. The summed E-state index contributed by atoms with van der Waals surface area (Å²) < 4.78 is 17.6. The van der Waals surface area contributed by atoms with Crippen LogP contribution in [0, 0.1) is 0 Å². The van der Waals surface area contributed by atoms with Crippen LogP contribution in [0.2, 0.25) is 0 Å². The second kappa shape index (κ2) is 13.1. The van der Waals surface area contributed by atoms with Crippen LogP contribution in [0.25, 0.3) is 133 Å². The van der Waals surface area contributed by atoms with Crippen molar-refractivity contribution >= 4 is 99.6 Å². The largest absolute Gasteiger partial charge is 0.456 e. The van der Waals surface area contributed by atoms with Crippen molar-refractivity contribution in [2.45, 2.75) is 0 Å². The molecule has 0 spiro atoms. The van der Waals surface area contributed by atoms with Crippen LogP contribution < -0.4 is 0 Å². The highest BCUT2D eigenvalue weighted by atomic mass is 16.3. The van der Waals surface area contributed by atoms with E-state index in [0.717, 1.165) is 99.7 Å². The molecule has 0 atom stereocenters. The predicted molar refractivity (Wildman–Crippen MR) is 261 cm³/mol. The van der Waals surface area contributed by atoms with Crippen LogP contribution >= 0.6 is 0 Å². The lowest BCUT2D eigenvalue weighted by atomic mass is 9.97. The zero-order valence-electron chi connectivity index (χ0n) is 33.6. The molecule has 13 aromatic rings. The van der Waals surface area contributed by atoms with Gasteiger partial charge in [0.05, 0.1) is 22.1 Å². The van der Waals surface area contributed by atoms with Crippen molar-refractivity contribution in [3.63, 3.8) is 0 Å². The molecule has 0 saturated carbocycles. The Hall–Kier alpha value is -8.34. The lowest BCUT2D eigenvalue weighted by Crippen LogP contribution is -1.93. The Morgan fingerprint density at radius 2 is 0.710 bits per heavy atom. The average molecular weight is 793 g/mol. The molecule has 0 unspecified atom stereocenters. The molecule has 0 radical (unpaired) electrons. The number of benzene rings is 9. The van der Waals surface area contributed by atoms with Crippen molar-refractivity contribution < 1.29 is 8.83 Å². The van der Waals surface area contributed by atoms with Crippen LogP contribution in [-0.2, 0) is 0 Å². The standard InChI is InChI=1S/C58H36N2O2/c1-3-35-16-22-53-45(28-35)43-12-5-7-14-51(43)59(53)41-20-26-57-49(33-41)47-31-39(18-24-55(47)61-57)37-10-9-11-38(30-37)40-19-25-56-48(32-40)50-34-42(21-27-58(50)62-56)60-52-15-8-6-13-44(52)46-29-36(4-2)17-23-54(46)60/h3-34H,1-2H2. The van der Waals surface area contributed by atoms with E-state index in [2.05, 4.69) is 204 Å². The SMILES string of the molecule is C=Cc1ccc2c(c1)c1ccccc1n2-c1ccc2oc3ccc(-c4cccc(-c5ccc6oc7ccc(-n8c9ccccc9c9cc(C=C)ccc98)cc7c6c5)c4)cc3c2c1. The summed E-state index contributed by atoms with van der Waals surface area (Å²) >= 11 is 0. The quantitative estimate of drug-likeness (QED) is 0.168. The molecule has 0 fully saturated rings. The van der Waals surface area contributed by atoms with Crippen molar-refractivity contribution in [2.75, 3.05) is 0 Å². The first-order valence-corrected chi connectivity index (χ1v) is 21.0. The summed E-state index contributed by atoms with van der Waals surface area (Å²) in [7, 11) is 0. The highest BCUT2D eigenvalue weighted by Gasteiger charge is 2.18. The van der Waals surface area contributed by atoms with Crippen molar-refractivity contribution in [1.82, 2.24) is 9.13 Å². The van der Waals surface area contributed by atoms with Gasteiger partial charge in [-0.2, -0.15) is 0 Å². The first kappa shape index (κ1) is 34.5. The minimum absolute atomic E-state index is 0.869. The van der Waals surface area contributed by atoms with Gasteiger partial charge in [-0.25, -0.2) is 0 Å². The lowest BCUT2D eigenvalue weighted by molar-refractivity contribution is 0.668. The molecular weight excluding hydrogens is 757 g/mol. The summed E-state index contributed by atoms with van der Waals surface area (Å²) in [6.07, 6.45) is 3.81. The molecule has 290 valence electrons. The van der Waals surface area contributed by atoms with Crippen molar-refractivity contribution in [3.05, 3.63) is 206 Å². The second-order valence-corrected chi connectivity index (χ2v) is 16.2. The van der Waals surface area contributed by atoms with Gasteiger partial charge in [0, 0.05) is 54.5 Å². The van der Waals surface area contributed by atoms with Crippen LogP contribution in [0.3, 0.4) is 0 Å². The molecular formula is C58H36N2O2. The van der Waals surface area contributed by atoms with Crippen LogP contribution in [-0.4, -0.2) is 9.13 Å². The zero-order valence-corrected chi connectivity index (χ0v) is 33.6. The number of aromatic nitrogens is 2. The summed E-state index contributed by atoms with van der Waals surface area (Å²) in [6.45, 7) is 8.02. The van der Waals surface area contributed by atoms with Gasteiger partial charge in [0.1, 0.15) is 22.3 Å². The Labute approximate surface area is 356 Å². The molecule has 0 N–H and O–H groups in total. The first-order chi connectivity index (χ1) is 30.6. The third kappa shape index (κ3) is 5.07. The fourth-order valence-electron chi connectivity index (χ4n) is 9.84. The normalized spacial score (nSPS) is 12.0. The Kier molecular flexibility index (Phi) is 7.28. The fourth-order valence-corrected chi connectivity index (χ4v) is 9.84. The first-order valence-electron chi connectivity index (χ1n) is 21.0. The topological polar surface area (TPSA) is 36.1 Å². The van der Waals surface area contributed by atoms with E-state index < -0.39 is 0 Å². The van der Waals surface area contributed by atoms with E-state index in [1.807, 2.05) is 12.2 Å². The molecule has 0 aliphatic rings.